The minimum atomic E-state index is -1.20. The Morgan fingerprint density at radius 1 is 0.568 bits per heavy atom. The second-order valence-electron chi connectivity index (χ2n) is 13.3. The van der Waals surface area contributed by atoms with Crippen molar-refractivity contribution in [1.82, 2.24) is 0 Å². The summed E-state index contributed by atoms with van der Waals surface area (Å²) in [5.74, 6) is 0. The summed E-state index contributed by atoms with van der Waals surface area (Å²) in [6.45, 7) is 5.57. The number of ether oxygens (including phenoxy) is 2. The fourth-order valence-corrected chi connectivity index (χ4v) is 5.92. The molecule has 0 amide bonds. The Balaban J connectivity index is 3.55. The zero-order valence-electron chi connectivity index (χ0n) is 29.6. The zero-order chi connectivity index (χ0) is 32.2. The van der Waals surface area contributed by atoms with E-state index in [0.717, 1.165) is 51.4 Å². The Morgan fingerprint density at radius 3 is 1.52 bits per heavy atom. The fourth-order valence-electron chi connectivity index (χ4n) is 5.92. The second-order valence-corrected chi connectivity index (χ2v) is 13.3. The SMILES string of the molecule is CCCCCCCCCCCCCCCCCCOCC(CCCCCCCC/C=C\C[C@H](O)CCCCCC)OC(=O)O. The first-order chi connectivity index (χ1) is 21.6. The maximum Gasteiger partial charge on any atom is 0.506 e. The summed E-state index contributed by atoms with van der Waals surface area (Å²) in [5, 5.41) is 19.1. The first-order valence-corrected chi connectivity index (χ1v) is 19.4. The van der Waals surface area contributed by atoms with E-state index in [-0.39, 0.29) is 12.2 Å². The van der Waals surface area contributed by atoms with E-state index in [1.807, 2.05) is 0 Å². The number of hydrogen-bond donors (Lipinski definition) is 2. The van der Waals surface area contributed by atoms with Crippen molar-refractivity contribution in [3.63, 3.8) is 0 Å². The quantitative estimate of drug-likeness (QED) is 0.0412. The molecule has 0 aromatic heterocycles. The fraction of sp³-hybridized carbons (Fsp3) is 0.923. The summed E-state index contributed by atoms with van der Waals surface area (Å²) in [6.07, 6.45) is 39.7. The molecule has 0 radical (unpaired) electrons. The lowest BCUT2D eigenvalue weighted by Crippen LogP contribution is -2.23. The Bertz CT molecular complexity index is 593. The van der Waals surface area contributed by atoms with Gasteiger partial charge in [-0.1, -0.05) is 174 Å². The molecule has 1 unspecified atom stereocenters. The minimum Gasteiger partial charge on any atom is -0.450 e. The predicted molar refractivity (Wildman–Crippen MR) is 189 cm³/mol. The first-order valence-electron chi connectivity index (χ1n) is 19.4. The normalized spacial score (nSPS) is 13.1. The van der Waals surface area contributed by atoms with Crippen molar-refractivity contribution >= 4 is 6.16 Å². The van der Waals surface area contributed by atoms with Crippen molar-refractivity contribution in [1.29, 1.82) is 0 Å². The van der Waals surface area contributed by atoms with Gasteiger partial charge in [-0.05, 0) is 44.9 Å². The smallest absolute Gasteiger partial charge is 0.450 e. The molecule has 0 spiro atoms. The van der Waals surface area contributed by atoms with Crippen LogP contribution in [0.4, 0.5) is 4.79 Å². The molecule has 0 aliphatic rings. The van der Waals surface area contributed by atoms with Gasteiger partial charge in [0.25, 0.3) is 0 Å². The van der Waals surface area contributed by atoms with Gasteiger partial charge >= 0.3 is 6.16 Å². The van der Waals surface area contributed by atoms with Gasteiger partial charge in [-0.15, -0.1) is 0 Å². The van der Waals surface area contributed by atoms with Crippen LogP contribution >= 0.6 is 0 Å². The molecule has 5 heteroatoms. The Labute approximate surface area is 274 Å². The predicted octanol–water partition coefficient (Wildman–Crippen LogP) is 12.7. The van der Waals surface area contributed by atoms with Gasteiger partial charge in [0.1, 0.15) is 6.10 Å². The molecule has 0 saturated heterocycles. The number of rotatable bonds is 36. The molecular weight excluding hydrogens is 548 g/mol. The molecule has 0 rings (SSSR count). The largest absolute Gasteiger partial charge is 0.506 e. The maximum absolute atomic E-state index is 11.1. The number of carboxylic acid groups (broad SMARTS) is 1. The van der Waals surface area contributed by atoms with Crippen LogP contribution in [0.5, 0.6) is 0 Å². The molecule has 0 fully saturated rings. The van der Waals surface area contributed by atoms with Crippen LogP contribution in [0.3, 0.4) is 0 Å². The lowest BCUT2D eigenvalue weighted by molar-refractivity contribution is -0.00676. The highest BCUT2D eigenvalue weighted by atomic mass is 16.7. The number of aliphatic hydroxyl groups is 1. The summed E-state index contributed by atoms with van der Waals surface area (Å²) in [5.41, 5.74) is 0. The van der Waals surface area contributed by atoms with Crippen molar-refractivity contribution in [2.45, 2.75) is 219 Å². The molecule has 5 nitrogen and oxygen atoms in total. The lowest BCUT2D eigenvalue weighted by Gasteiger charge is -2.16. The number of aliphatic hydroxyl groups excluding tert-OH is 1. The maximum atomic E-state index is 11.1. The van der Waals surface area contributed by atoms with Gasteiger partial charge in [0.15, 0.2) is 0 Å². The van der Waals surface area contributed by atoms with E-state index in [1.54, 1.807) is 0 Å². The van der Waals surface area contributed by atoms with Crippen molar-refractivity contribution < 1.29 is 24.5 Å². The number of unbranched alkanes of at least 4 members (excludes halogenated alkanes) is 24. The van der Waals surface area contributed by atoms with E-state index >= 15 is 0 Å². The highest BCUT2D eigenvalue weighted by Gasteiger charge is 2.13. The Kier molecular flexibility index (Phi) is 35.5. The number of allylic oxidation sites excluding steroid dienone is 1. The van der Waals surface area contributed by atoms with Crippen molar-refractivity contribution in [2.24, 2.45) is 0 Å². The molecule has 0 saturated carbocycles. The molecule has 0 heterocycles. The number of hydrogen-bond acceptors (Lipinski definition) is 4. The summed E-state index contributed by atoms with van der Waals surface area (Å²) in [6, 6.07) is 0. The highest BCUT2D eigenvalue weighted by molar-refractivity contribution is 5.57. The van der Waals surface area contributed by atoms with Gasteiger partial charge in [0.05, 0.1) is 12.7 Å². The average Bonchev–Trinajstić information content (AvgIpc) is 3.00. The third kappa shape index (κ3) is 35.4. The van der Waals surface area contributed by atoms with Crippen LogP contribution in [0.1, 0.15) is 206 Å². The topological polar surface area (TPSA) is 76.0 Å². The van der Waals surface area contributed by atoms with Crippen LogP contribution in [0.25, 0.3) is 0 Å². The Morgan fingerprint density at radius 2 is 1.00 bits per heavy atom. The van der Waals surface area contributed by atoms with Crippen LogP contribution in [-0.4, -0.2) is 41.8 Å². The van der Waals surface area contributed by atoms with Gasteiger partial charge in [0.2, 0.25) is 0 Å². The molecular formula is C39H76O5. The van der Waals surface area contributed by atoms with E-state index in [1.165, 1.54) is 141 Å². The first kappa shape index (κ1) is 42.9. The van der Waals surface area contributed by atoms with Crippen molar-refractivity contribution in [2.75, 3.05) is 13.2 Å². The summed E-state index contributed by atoms with van der Waals surface area (Å²) < 4.78 is 10.9. The molecule has 2 N–H and O–H groups in total. The molecule has 2 atom stereocenters. The molecule has 0 aromatic carbocycles. The van der Waals surface area contributed by atoms with Crippen LogP contribution in [0, 0.1) is 0 Å². The summed E-state index contributed by atoms with van der Waals surface area (Å²) >= 11 is 0. The van der Waals surface area contributed by atoms with Gasteiger partial charge in [-0.3, -0.25) is 0 Å². The monoisotopic (exact) mass is 625 g/mol. The third-order valence-electron chi connectivity index (χ3n) is 8.83. The standard InChI is InChI=1S/C39H76O5/c1-3-5-7-9-10-11-12-13-14-15-16-17-21-24-27-31-35-43-36-38(44-39(41)42)34-30-26-23-20-18-19-22-25-29-33-37(40)32-28-8-6-4-2/h25,29,37-38,40H,3-24,26-28,30-36H2,1-2H3,(H,41,42)/b29-25-/t37-,38?/m1/s1. The van der Waals surface area contributed by atoms with E-state index in [9.17, 15) is 9.90 Å². The van der Waals surface area contributed by atoms with Gasteiger partial charge in [0, 0.05) is 6.61 Å². The van der Waals surface area contributed by atoms with Gasteiger partial charge in [-0.25, -0.2) is 4.79 Å². The minimum absolute atomic E-state index is 0.179. The molecule has 0 aromatic rings. The third-order valence-corrected chi connectivity index (χ3v) is 8.83. The number of carbonyl (C=O) groups is 1. The van der Waals surface area contributed by atoms with Crippen molar-refractivity contribution in [3.8, 4) is 0 Å². The van der Waals surface area contributed by atoms with E-state index < -0.39 is 6.16 Å². The van der Waals surface area contributed by atoms with E-state index in [2.05, 4.69) is 26.0 Å². The van der Waals surface area contributed by atoms with Crippen LogP contribution in [-0.2, 0) is 9.47 Å². The summed E-state index contributed by atoms with van der Waals surface area (Å²) in [4.78, 5) is 11.1. The zero-order valence-corrected chi connectivity index (χ0v) is 29.6. The van der Waals surface area contributed by atoms with E-state index in [4.69, 9.17) is 14.6 Å². The van der Waals surface area contributed by atoms with Gasteiger partial charge in [-0.2, -0.15) is 0 Å². The molecule has 0 bridgehead atoms. The van der Waals surface area contributed by atoms with E-state index in [0.29, 0.717) is 13.2 Å². The highest BCUT2D eigenvalue weighted by Crippen LogP contribution is 2.15. The van der Waals surface area contributed by atoms with Crippen LogP contribution in [0.2, 0.25) is 0 Å². The molecule has 262 valence electrons. The molecule has 0 aliphatic carbocycles. The average molecular weight is 625 g/mol. The Hall–Kier alpha value is -1.07. The summed E-state index contributed by atoms with van der Waals surface area (Å²) in [7, 11) is 0. The van der Waals surface area contributed by atoms with Crippen molar-refractivity contribution in [3.05, 3.63) is 12.2 Å². The van der Waals surface area contributed by atoms with Gasteiger partial charge < -0.3 is 19.7 Å². The van der Waals surface area contributed by atoms with Crippen LogP contribution in [0.15, 0.2) is 12.2 Å². The molecule has 0 aliphatic heterocycles. The van der Waals surface area contributed by atoms with Crippen LogP contribution < -0.4 is 0 Å². The molecule has 44 heavy (non-hydrogen) atoms. The lowest BCUT2D eigenvalue weighted by atomic mass is 10.0. The second kappa shape index (κ2) is 36.4.